The number of aromatic nitrogens is 1. The quantitative estimate of drug-likeness (QED) is 0.753. The van der Waals surface area contributed by atoms with Gasteiger partial charge in [0.1, 0.15) is 6.10 Å². The molecular weight excluding hydrogens is 176 g/mol. The topological polar surface area (TPSA) is 59.1 Å². The number of rotatable bonds is 4. The summed E-state index contributed by atoms with van der Waals surface area (Å²) in [4.78, 5) is 4.21. The van der Waals surface area contributed by atoms with E-state index in [1.165, 1.54) is 0 Å². The van der Waals surface area contributed by atoms with Crippen LogP contribution in [0.3, 0.4) is 0 Å². The number of aliphatic hydroxyl groups excluding tert-OH is 1. The first-order valence-corrected chi connectivity index (χ1v) is 4.37. The van der Waals surface area contributed by atoms with E-state index in [4.69, 9.17) is 5.73 Å². The molecule has 74 valence electrons. The van der Waals surface area contributed by atoms with Gasteiger partial charge in [0.15, 0.2) is 0 Å². The molecule has 0 aromatic carbocycles. The van der Waals surface area contributed by atoms with E-state index in [0.29, 0.717) is 11.4 Å². The van der Waals surface area contributed by atoms with E-state index in [0.717, 1.165) is 5.56 Å². The summed E-state index contributed by atoms with van der Waals surface area (Å²) in [6, 6.07) is 3.58. The summed E-state index contributed by atoms with van der Waals surface area (Å²) >= 11 is 0. The summed E-state index contributed by atoms with van der Waals surface area (Å²) in [7, 11) is 0. The highest BCUT2D eigenvalue weighted by Crippen LogP contribution is 2.14. The minimum Gasteiger partial charge on any atom is -0.385 e. The summed E-state index contributed by atoms with van der Waals surface area (Å²) in [6.07, 6.45) is 2.61. The van der Waals surface area contributed by atoms with Crippen LogP contribution in [-0.2, 0) is 0 Å². The van der Waals surface area contributed by atoms with Gasteiger partial charge in [0.2, 0.25) is 0 Å². The van der Waals surface area contributed by atoms with Gasteiger partial charge in [-0.05, 0) is 17.7 Å². The van der Waals surface area contributed by atoms with Gasteiger partial charge in [0.05, 0.1) is 11.4 Å². The average molecular weight is 190 g/mol. The Kier molecular flexibility index (Phi) is 3.56. The van der Waals surface area contributed by atoms with Crippen molar-refractivity contribution in [2.45, 2.75) is 6.10 Å². The molecule has 0 aliphatic heterocycles. The lowest BCUT2D eigenvalue weighted by Crippen LogP contribution is -2.13. The van der Waals surface area contributed by atoms with E-state index in [-0.39, 0.29) is 6.54 Å². The Morgan fingerprint density at radius 3 is 2.64 bits per heavy atom. The number of pyridine rings is 1. The molecule has 0 aliphatic rings. The molecule has 0 amide bonds. The number of nitrogens with zero attached hydrogens (tertiary/aromatic N) is 1. The second-order valence-electron chi connectivity index (χ2n) is 2.87. The lowest BCUT2D eigenvalue weighted by molar-refractivity contribution is 0.182. The fraction of sp³-hybridized carbons (Fsp3) is 0.182. The number of hydrogen-bond acceptors (Lipinski definition) is 3. The molecule has 0 radical (unpaired) electrons. The molecule has 0 saturated heterocycles. The molecule has 0 saturated carbocycles. The summed E-state index contributed by atoms with van der Waals surface area (Å²) in [6.45, 7) is 7.47. The molecule has 14 heavy (non-hydrogen) atoms. The highest BCUT2D eigenvalue weighted by atomic mass is 16.3. The maximum absolute atomic E-state index is 9.47. The van der Waals surface area contributed by atoms with E-state index in [9.17, 15) is 5.11 Å². The van der Waals surface area contributed by atoms with Crippen molar-refractivity contribution in [3.05, 3.63) is 42.2 Å². The number of nitrogens with two attached hydrogens (primary N) is 1. The molecule has 3 N–H and O–H groups in total. The van der Waals surface area contributed by atoms with Gasteiger partial charge in [-0.2, -0.15) is 0 Å². The minimum absolute atomic E-state index is 0.164. The Hall–Kier alpha value is -1.45. The highest BCUT2D eigenvalue weighted by molar-refractivity contribution is 5.60. The number of hydrogen-bond donors (Lipinski definition) is 2. The van der Waals surface area contributed by atoms with Crippen molar-refractivity contribution in [3.8, 4) is 0 Å². The predicted molar refractivity (Wildman–Crippen MR) is 58.4 cm³/mol. The van der Waals surface area contributed by atoms with Crippen LogP contribution >= 0.6 is 0 Å². The van der Waals surface area contributed by atoms with Gasteiger partial charge in [-0.15, -0.1) is 0 Å². The Bertz CT molecular complexity index is 347. The van der Waals surface area contributed by atoms with Gasteiger partial charge >= 0.3 is 0 Å². The normalized spacial score (nSPS) is 12.1. The molecule has 1 rings (SSSR count). The van der Waals surface area contributed by atoms with Crippen molar-refractivity contribution in [1.29, 1.82) is 0 Å². The van der Waals surface area contributed by atoms with Crippen LogP contribution in [0.1, 0.15) is 23.1 Å². The lowest BCUT2D eigenvalue weighted by atomic mass is 10.1. The molecule has 0 bridgehead atoms. The second-order valence-corrected chi connectivity index (χ2v) is 2.87. The van der Waals surface area contributed by atoms with Crippen molar-refractivity contribution in [2.24, 2.45) is 5.73 Å². The Balaban J connectivity index is 3.13. The van der Waals surface area contributed by atoms with E-state index >= 15 is 0 Å². The van der Waals surface area contributed by atoms with E-state index in [2.05, 4.69) is 18.1 Å². The minimum atomic E-state index is -0.715. The van der Waals surface area contributed by atoms with Crippen LogP contribution in [-0.4, -0.2) is 16.6 Å². The van der Waals surface area contributed by atoms with Crippen LogP contribution in [0.2, 0.25) is 0 Å². The van der Waals surface area contributed by atoms with Crippen LogP contribution in [0.25, 0.3) is 12.2 Å². The fourth-order valence-corrected chi connectivity index (χ4v) is 1.14. The van der Waals surface area contributed by atoms with Gasteiger partial charge < -0.3 is 10.8 Å². The van der Waals surface area contributed by atoms with Gasteiger partial charge in [-0.25, -0.2) is 0 Å². The molecule has 1 aromatic heterocycles. The molecule has 1 heterocycles. The fourth-order valence-electron chi connectivity index (χ4n) is 1.14. The summed E-state index contributed by atoms with van der Waals surface area (Å²) in [5.41, 5.74) is 7.50. The highest BCUT2D eigenvalue weighted by Gasteiger charge is 2.07. The Morgan fingerprint density at radius 1 is 1.43 bits per heavy atom. The van der Waals surface area contributed by atoms with Crippen LogP contribution < -0.4 is 5.73 Å². The van der Waals surface area contributed by atoms with E-state index in [1.807, 2.05) is 6.07 Å². The Labute approximate surface area is 83.6 Å². The van der Waals surface area contributed by atoms with Crippen LogP contribution in [0, 0.1) is 0 Å². The molecule has 3 nitrogen and oxygen atoms in total. The van der Waals surface area contributed by atoms with E-state index in [1.54, 1.807) is 18.2 Å². The predicted octanol–water partition coefficient (Wildman–Crippen LogP) is 1.36. The van der Waals surface area contributed by atoms with Crippen molar-refractivity contribution < 1.29 is 5.11 Å². The largest absolute Gasteiger partial charge is 0.385 e. The first-order chi connectivity index (χ1) is 6.72. The summed E-state index contributed by atoms with van der Waals surface area (Å²) < 4.78 is 0. The zero-order valence-corrected chi connectivity index (χ0v) is 7.98. The maximum atomic E-state index is 9.47. The van der Waals surface area contributed by atoms with E-state index < -0.39 is 6.10 Å². The number of aliphatic hydroxyl groups is 1. The van der Waals surface area contributed by atoms with Crippen molar-refractivity contribution in [2.75, 3.05) is 6.54 Å². The van der Waals surface area contributed by atoms with Crippen LogP contribution in [0.5, 0.6) is 0 Å². The lowest BCUT2D eigenvalue weighted by Gasteiger charge is -2.09. The maximum Gasteiger partial charge on any atom is 0.108 e. The summed E-state index contributed by atoms with van der Waals surface area (Å²) in [5.74, 6) is 0. The molecule has 0 aliphatic carbocycles. The molecule has 0 spiro atoms. The second kappa shape index (κ2) is 4.69. The smallest absolute Gasteiger partial charge is 0.108 e. The monoisotopic (exact) mass is 190 g/mol. The molecule has 3 heteroatoms. The van der Waals surface area contributed by atoms with Crippen molar-refractivity contribution in [1.82, 2.24) is 4.98 Å². The molecule has 1 unspecified atom stereocenters. The first-order valence-electron chi connectivity index (χ1n) is 4.37. The third-order valence-corrected chi connectivity index (χ3v) is 1.96. The Morgan fingerprint density at radius 2 is 2.14 bits per heavy atom. The van der Waals surface area contributed by atoms with Crippen molar-refractivity contribution in [3.63, 3.8) is 0 Å². The van der Waals surface area contributed by atoms with Gasteiger partial charge in [-0.3, -0.25) is 4.98 Å². The average Bonchev–Trinajstić information content (AvgIpc) is 2.26. The first kappa shape index (κ1) is 10.6. The third-order valence-electron chi connectivity index (χ3n) is 1.96. The zero-order valence-electron chi connectivity index (χ0n) is 7.98. The van der Waals surface area contributed by atoms with Gasteiger partial charge in [-0.1, -0.05) is 25.3 Å². The van der Waals surface area contributed by atoms with Crippen molar-refractivity contribution >= 4 is 12.2 Å². The van der Waals surface area contributed by atoms with Crippen LogP contribution in [0.4, 0.5) is 0 Å². The molecule has 0 fully saturated rings. The molecule has 1 aromatic rings. The molecule has 1 atom stereocenters. The third kappa shape index (κ3) is 2.07. The van der Waals surface area contributed by atoms with Crippen LogP contribution in [0.15, 0.2) is 25.3 Å². The van der Waals surface area contributed by atoms with Gasteiger partial charge in [0, 0.05) is 6.54 Å². The van der Waals surface area contributed by atoms with Gasteiger partial charge in [0.25, 0.3) is 0 Å². The zero-order chi connectivity index (χ0) is 10.6. The summed E-state index contributed by atoms with van der Waals surface area (Å²) in [5, 5.41) is 9.47. The standard InChI is InChI=1S/C11H14N2O/c1-3-8-5-6-10(11(14)7-12)13-9(8)4-2/h3-6,11,14H,1-2,7,12H2. The molecular formula is C11H14N2O. The SMILES string of the molecule is C=Cc1ccc(C(O)CN)nc1C=C.